The lowest BCUT2D eigenvalue weighted by Crippen LogP contribution is -2.42. The molecule has 0 N–H and O–H groups in total. The van der Waals surface area contributed by atoms with Gasteiger partial charge in [-0.25, -0.2) is 4.79 Å². The van der Waals surface area contributed by atoms with Gasteiger partial charge in [0.1, 0.15) is 0 Å². The number of esters is 1. The highest BCUT2D eigenvalue weighted by Gasteiger charge is 2.69. The van der Waals surface area contributed by atoms with Crippen LogP contribution < -0.4 is 0 Å². The summed E-state index contributed by atoms with van der Waals surface area (Å²) >= 11 is 0. The maximum absolute atomic E-state index is 13.3. The Balaban J connectivity index is 1.68. The van der Waals surface area contributed by atoms with Gasteiger partial charge in [-0.05, 0) is 11.6 Å². The highest BCUT2D eigenvalue weighted by molar-refractivity contribution is 6.05. The third-order valence-electron chi connectivity index (χ3n) is 5.41. The molecule has 2 aromatic carbocycles. The molecule has 0 bridgehead atoms. The Morgan fingerprint density at radius 3 is 2.50 bits per heavy atom. The summed E-state index contributed by atoms with van der Waals surface area (Å²) in [6.45, 7) is 1.20. The van der Waals surface area contributed by atoms with E-state index < -0.39 is 22.4 Å². The van der Waals surface area contributed by atoms with Gasteiger partial charge in [0.05, 0.1) is 10.5 Å². The van der Waals surface area contributed by atoms with Crippen LogP contribution in [0, 0.1) is 10.1 Å². The minimum atomic E-state index is -2.01. The van der Waals surface area contributed by atoms with Crippen LogP contribution in [0.15, 0.2) is 66.1 Å². The highest BCUT2D eigenvalue weighted by atomic mass is 16.6. The number of carbonyl (C=O) groups is 2. The van der Waals surface area contributed by atoms with E-state index in [1.54, 1.807) is 23.1 Å². The summed E-state index contributed by atoms with van der Waals surface area (Å²) in [6, 6.07) is 15.9. The minimum absolute atomic E-state index is 0.187. The molecule has 1 amide bonds. The Hall–Kier alpha value is -3.68. The van der Waals surface area contributed by atoms with Crippen LogP contribution in [0.5, 0.6) is 0 Å². The van der Waals surface area contributed by atoms with E-state index in [-0.39, 0.29) is 22.6 Å². The second-order valence-corrected chi connectivity index (χ2v) is 6.91. The largest absolute Gasteiger partial charge is 0.428 e. The Kier molecular flexibility index (Phi) is 3.33. The number of hydrogen-bond acceptors (Lipinski definition) is 6. The first-order chi connectivity index (χ1) is 13.5. The van der Waals surface area contributed by atoms with Crippen molar-refractivity contribution in [3.05, 3.63) is 92.9 Å². The van der Waals surface area contributed by atoms with Crippen molar-refractivity contribution < 1.29 is 19.2 Å². The molecular formula is C20H15N3O5. The van der Waals surface area contributed by atoms with Crippen LogP contribution >= 0.6 is 0 Å². The number of rotatable bonds is 3. The molecule has 5 rings (SSSR count). The molecule has 3 aliphatic heterocycles. The molecule has 28 heavy (non-hydrogen) atoms. The van der Waals surface area contributed by atoms with Crippen molar-refractivity contribution in [2.75, 3.05) is 13.1 Å². The van der Waals surface area contributed by atoms with Gasteiger partial charge >= 0.3 is 17.3 Å². The smallest absolute Gasteiger partial charge is 0.344 e. The fraction of sp³-hybridized carbons (Fsp3) is 0.200. The molecule has 0 aliphatic carbocycles. The van der Waals surface area contributed by atoms with Crippen LogP contribution in [0.2, 0.25) is 0 Å². The van der Waals surface area contributed by atoms with E-state index in [4.69, 9.17) is 4.74 Å². The molecule has 1 fully saturated rings. The van der Waals surface area contributed by atoms with Crippen molar-refractivity contribution in [2.45, 2.75) is 12.1 Å². The molecular weight excluding hydrogens is 362 g/mol. The standard InChI is InChI=1S/C20H15N3O5/c24-18-14-8-4-5-9-15(14)20(28-18)16(23(26)27)17-21(10-11-22(17)19(20)25)12-13-6-2-1-3-7-13/h1-9H,10-12H2. The molecule has 1 saturated heterocycles. The fourth-order valence-corrected chi connectivity index (χ4v) is 4.25. The topological polar surface area (TPSA) is 93.0 Å². The van der Waals surface area contributed by atoms with Crippen molar-refractivity contribution in [1.82, 2.24) is 9.80 Å². The maximum atomic E-state index is 13.3. The zero-order chi connectivity index (χ0) is 19.5. The summed E-state index contributed by atoms with van der Waals surface area (Å²) in [7, 11) is 0. The summed E-state index contributed by atoms with van der Waals surface area (Å²) in [5.41, 5.74) is -1.01. The van der Waals surface area contributed by atoms with Gasteiger partial charge < -0.3 is 9.64 Å². The Bertz CT molecular complexity index is 1060. The second kappa shape index (κ2) is 5.66. The van der Waals surface area contributed by atoms with Crippen LogP contribution in [-0.2, 0) is 21.7 Å². The number of ether oxygens (including phenoxy) is 1. The van der Waals surface area contributed by atoms with Gasteiger partial charge in [-0.1, -0.05) is 48.5 Å². The molecule has 0 radical (unpaired) electrons. The number of carbonyl (C=O) groups excluding carboxylic acids is 2. The van der Waals surface area contributed by atoms with E-state index in [0.717, 1.165) is 5.56 Å². The number of nitro groups is 1. The van der Waals surface area contributed by atoms with Gasteiger partial charge in [0.2, 0.25) is 0 Å². The Morgan fingerprint density at radius 2 is 1.75 bits per heavy atom. The van der Waals surface area contributed by atoms with E-state index in [1.807, 2.05) is 30.3 Å². The summed E-state index contributed by atoms with van der Waals surface area (Å²) in [5.74, 6) is -1.09. The van der Waals surface area contributed by atoms with Crippen LogP contribution in [0.4, 0.5) is 0 Å². The van der Waals surface area contributed by atoms with Crippen LogP contribution in [0.25, 0.3) is 0 Å². The lowest BCUT2D eigenvalue weighted by molar-refractivity contribution is -0.442. The summed E-state index contributed by atoms with van der Waals surface area (Å²) in [6.07, 6.45) is 0. The van der Waals surface area contributed by atoms with Crippen molar-refractivity contribution in [1.29, 1.82) is 0 Å². The number of hydrogen-bond donors (Lipinski definition) is 0. The van der Waals surface area contributed by atoms with Gasteiger partial charge in [-0.15, -0.1) is 0 Å². The molecule has 1 unspecified atom stereocenters. The average molecular weight is 377 g/mol. The minimum Gasteiger partial charge on any atom is -0.428 e. The second-order valence-electron chi connectivity index (χ2n) is 6.91. The van der Waals surface area contributed by atoms with Crippen molar-refractivity contribution in [3.8, 4) is 0 Å². The van der Waals surface area contributed by atoms with Crippen molar-refractivity contribution in [2.24, 2.45) is 0 Å². The molecule has 1 atom stereocenters. The average Bonchev–Trinajstić information content (AvgIpc) is 3.30. The normalized spacial score (nSPS) is 22.7. The number of fused-ring (bicyclic) bond motifs is 3. The number of amides is 1. The maximum Gasteiger partial charge on any atom is 0.344 e. The number of benzene rings is 2. The van der Waals surface area contributed by atoms with Gasteiger partial charge in [0, 0.05) is 25.2 Å². The van der Waals surface area contributed by atoms with E-state index in [0.29, 0.717) is 19.6 Å². The number of nitrogens with zero attached hydrogens (tertiary/aromatic N) is 3. The molecule has 8 nitrogen and oxygen atoms in total. The molecule has 0 aromatic heterocycles. The van der Waals surface area contributed by atoms with Gasteiger partial charge in [-0.2, -0.15) is 0 Å². The van der Waals surface area contributed by atoms with E-state index in [2.05, 4.69) is 0 Å². The van der Waals surface area contributed by atoms with Gasteiger partial charge in [-0.3, -0.25) is 19.8 Å². The van der Waals surface area contributed by atoms with Crippen LogP contribution in [0.1, 0.15) is 21.5 Å². The van der Waals surface area contributed by atoms with Gasteiger partial charge in [0.15, 0.2) is 5.82 Å². The SMILES string of the molecule is O=C1OC2(C(=O)N3CCN(Cc4ccccc4)C3=C2[N+](=O)[O-])c2ccccc21. The molecule has 1 spiro atoms. The first kappa shape index (κ1) is 16.5. The lowest BCUT2D eigenvalue weighted by Gasteiger charge is -2.21. The Morgan fingerprint density at radius 1 is 1.04 bits per heavy atom. The van der Waals surface area contributed by atoms with Crippen LogP contribution in [0.3, 0.4) is 0 Å². The van der Waals surface area contributed by atoms with E-state index in [1.165, 1.54) is 11.0 Å². The van der Waals surface area contributed by atoms with Gasteiger partial charge in [0.25, 0.3) is 5.91 Å². The zero-order valence-electron chi connectivity index (χ0n) is 14.7. The molecule has 0 saturated carbocycles. The molecule has 8 heteroatoms. The fourth-order valence-electron chi connectivity index (χ4n) is 4.25. The quantitative estimate of drug-likeness (QED) is 0.460. The summed E-state index contributed by atoms with van der Waals surface area (Å²) in [5, 5.41) is 12.1. The third-order valence-corrected chi connectivity index (χ3v) is 5.41. The molecule has 3 heterocycles. The van der Waals surface area contributed by atoms with E-state index >= 15 is 0 Å². The van der Waals surface area contributed by atoms with E-state index in [9.17, 15) is 19.7 Å². The third kappa shape index (κ3) is 1.99. The molecule has 140 valence electrons. The predicted molar refractivity (Wildman–Crippen MR) is 96.1 cm³/mol. The monoisotopic (exact) mass is 377 g/mol. The first-order valence-corrected chi connectivity index (χ1v) is 8.87. The summed E-state index contributed by atoms with van der Waals surface area (Å²) in [4.78, 5) is 40.4. The predicted octanol–water partition coefficient (Wildman–Crippen LogP) is 1.86. The Labute approximate surface area is 159 Å². The highest BCUT2D eigenvalue weighted by Crippen LogP contribution is 2.51. The molecule has 3 aliphatic rings. The summed E-state index contributed by atoms with van der Waals surface area (Å²) < 4.78 is 5.45. The van der Waals surface area contributed by atoms with Crippen molar-refractivity contribution >= 4 is 11.9 Å². The van der Waals surface area contributed by atoms with Crippen LogP contribution in [-0.4, -0.2) is 39.7 Å². The van der Waals surface area contributed by atoms with Crippen molar-refractivity contribution in [3.63, 3.8) is 0 Å². The first-order valence-electron chi connectivity index (χ1n) is 8.87. The lowest BCUT2D eigenvalue weighted by atomic mass is 9.90. The zero-order valence-corrected chi connectivity index (χ0v) is 14.7. The molecule has 2 aromatic rings.